The van der Waals surface area contributed by atoms with E-state index in [0.29, 0.717) is 0 Å². The highest BCUT2D eigenvalue weighted by Gasteiger charge is 2.94. The lowest BCUT2D eigenvalue weighted by Gasteiger charge is -2.40. The predicted molar refractivity (Wildman–Crippen MR) is 54.0 cm³/mol. The van der Waals surface area contributed by atoms with Crippen LogP contribution in [0.2, 0.25) is 0 Å². The molecule has 21 heteroatoms. The minimum absolute atomic E-state index is 1.51. The first kappa shape index (κ1) is 26.9. The summed E-state index contributed by atoms with van der Waals surface area (Å²) < 4.78 is 233. The lowest BCUT2D eigenvalue weighted by Crippen LogP contribution is -2.72. The van der Waals surface area contributed by atoms with Gasteiger partial charge < -0.3 is 4.42 Å². The van der Waals surface area contributed by atoms with Gasteiger partial charge in [-0.25, -0.2) is 0 Å². The minimum atomic E-state index is -8.58. The zero-order valence-corrected chi connectivity index (χ0v) is 13.1. The number of alkyl halides is 18. The second-order valence-electron chi connectivity index (χ2n) is 5.35. The molecule has 0 N–H and O–H groups in total. The second-order valence-corrected chi connectivity index (χ2v) is 5.35. The third-order valence-corrected chi connectivity index (χ3v) is 3.26. The molecule has 31 heavy (non-hydrogen) atoms. The number of halogens is 18. The molecule has 0 fully saturated rings. The highest BCUT2D eigenvalue weighted by Crippen LogP contribution is 2.63. The highest BCUT2D eigenvalue weighted by molar-refractivity contribution is 5.15. The van der Waals surface area contributed by atoms with E-state index in [1.807, 2.05) is 0 Å². The van der Waals surface area contributed by atoms with Crippen molar-refractivity contribution in [3.05, 3.63) is 11.8 Å². The van der Waals surface area contributed by atoms with E-state index in [4.69, 9.17) is 0 Å². The summed E-state index contributed by atoms with van der Waals surface area (Å²) in [5.41, 5.74) is 0. The fourth-order valence-electron chi connectivity index (χ4n) is 1.57. The maximum atomic E-state index is 13.5. The smallest absolute Gasteiger partial charge is 0.411 e. The summed E-state index contributed by atoms with van der Waals surface area (Å²) in [6.07, 6.45) is -13.7. The van der Waals surface area contributed by atoms with Gasteiger partial charge in [0, 0.05) is 0 Å². The SMILES string of the molecule is FC(F)(F)c1nnc(C(F)(F)C(F)(F)C(F)(F)C(F)(F)C(F)(F)C(F)(F)C(F)(F)F)o1. The molecule has 0 unspecified atom stereocenters. The Balaban J connectivity index is 3.63. The maximum absolute atomic E-state index is 13.5. The Bertz CT molecular complexity index is 801. The van der Waals surface area contributed by atoms with Crippen molar-refractivity contribution in [3.8, 4) is 0 Å². The van der Waals surface area contributed by atoms with Crippen LogP contribution in [0.3, 0.4) is 0 Å². The van der Waals surface area contributed by atoms with Gasteiger partial charge in [-0.1, -0.05) is 0 Å². The number of nitrogens with zero attached hydrogens (tertiary/aromatic N) is 2. The second kappa shape index (κ2) is 6.69. The number of aromatic nitrogens is 2. The van der Waals surface area contributed by atoms with Crippen molar-refractivity contribution in [2.24, 2.45) is 0 Å². The van der Waals surface area contributed by atoms with Crippen LogP contribution in [0.1, 0.15) is 11.8 Å². The quantitative estimate of drug-likeness (QED) is 0.450. The first-order valence-corrected chi connectivity index (χ1v) is 6.46. The molecule has 1 rings (SSSR count). The van der Waals surface area contributed by atoms with E-state index in [1.54, 1.807) is 5.10 Å². The van der Waals surface area contributed by atoms with Gasteiger partial charge in [-0.15, -0.1) is 10.2 Å². The summed E-state index contributed by atoms with van der Waals surface area (Å²) in [6.45, 7) is 0. The van der Waals surface area contributed by atoms with E-state index >= 15 is 0 Å². The average Bonchev–Trinajstić information content (AvgIpc) is 3.03. The van der Waals surface area contributed by atoms with Crippen molar-refractivity contribution in [1.29, 1.82) is 0 Å². The van der Waals surface area contributed by atoms with Crippen LogP contribution in [-0.4, -0.2) is 46.0 Å². The molecule has 0 aromatic carbocycles. The van der Waals surface area contributed by atoms with Crippen LogP contribution in [0.5, 0.6) is 0 Å². The van der Waals surface area contributed by atoms with E-state index in [2.05, 4.69) is 4.42 Å². The molecule has 1 aromatic heterocycles. The molecule has 0 spiro atoms. The van der Waals surface area contributed by atoms with Gasteiger partial charge in [-0.3, -0.25) is 0 Å². The molecule has 0 saturated carbocycles. The number of hydrogen-bond donors (Lipinski definition) is 0. The van der Waals surface area contributed by atoms with E-state index in [0.717, 1.165) is 0 Å². The summed E-state index contributed by atoms with van der Waals surface area (Å²) in [5.74, 6) is -55.5. The molecule has 0 bridgehead atoms. The lowest BCUT2D eigenvalue weighted by atomic mass is 9.91. The predicted octanol–water partition coefficient (Wildman–Crippen LogP) is 5.92. The standard InChI is InChI=1S/C10F18N2O/c11-3(12,1-29-30-2(31-1)4(13,14)15)5(16,17)6(18,19)7(20,21)8(22,23)9(24,25)10(26,27)28. The summed E-state index contributed by atoms with van der Waals surface area (Å²) in [6, 6.07) is 0. The maximum Gasteiger partial charge on any atom is 0.470 e. The molecule has 0 aliphatic rings. The zero-order valence-electron chi connectivity index (χ0n) is 13.1. The van der Waals surface area contributed by atoms with Crippen molar-refractivity contribution >= 4 is 0 Å². The van der Waals surface area contributed by atoms with Crippen LogP contribution in [0.15, 0.2) is 4.42 Å². The van der Waals surface area contributed by atoms with Gasteiger partial charge >= 0.3 is 53.8 Å². The normalized spacial score (nSPS) is 16.1. The molecular formula is C10F18N2O. The fraction of sp³-hybridized carbons (Fsp3) is 0.800. The van der Waals surface area contributed by atoms with Gasteiger partial charge in [0.25, 0.3) is 5.89 Å². The highest BCUT2D eigenvalue weighted by atomic mass is 19.4. The monoisotopic (exact) mass is 506 g/mol. The Hall–Kier alpha value is -2.12. The summed E-state index contributed by atoms with van der Waals surface area (Å²) in [4.78, 5) is 0. The van der Waals surface area contributed by atoms with Crippen molar-refractivity contribution in [3.63, 3.8) is 0 Å². The van der Waals surface area contributed by atoms with Crippen LogP contribution in [0, 0.1) is 0 Å². The molecule has 0 aliphatic carbocycles. The molecule has 182 valence electrons. The van der Waals surface area contributed by atoms with Crippen LogP contribution >= 0.6 is 0 Å². The third kappa shape index (κ3) is 3.52. The van der Waals surface area contributed by atoms with Crippen molar-refractivity contribution in [2.75, 3.05) is 0 Å². The first-order chi connectivity index (χ1) is 13.2. The van der Waals surface area contributed by atoms with Crippen LogP contribution < -0.4 is 0 Å². The summed E-state index contributed by atoms with van der Waals surface area (Å²) in [5, 5.41) is 3.13. The largest absolute Gasteiger partial charge is 0.470 e. The van der Waals surface area contributed by atoms with E-state index < -0.39 is 59.7 Å². The van der Waals surface area contributed by atoms with Crippen molar-refractivity contribution in [1.82, 2.24) is 10.2 Å². The number of rotatable bonds is 6. The van der Waals surface area contributed by atoms with Crippen molar-refractivity contribution < 1.29 is 83.4 Å². The topological polar surface area (TPSA) is 38.9 Å². The van der Waals surface area contributed by atoms with E-state index in [-0.39, 0.29) is 0 Å². The molecule has 1 aromatic rings. The third-order valence-electron chi connectivity index (χ3n) is 3.26. The Labute approximate surface area is 155 Å². The molecule has 0 atom stereocenters. The van der Waals surface area contributed by atoms with Gasteiger partial charge in [-0.2, -0.15) is 79.0 Å². The average molecular weight is 506 g/mol. The Morgan fingerprint density at radius 2 is 0.742 bits per heavy atom. The molecule has 0 saturated heterocycles. The van der Waals surface area contributed by atoms with Gasteiger partial charge in [0.2, 0.25) is 0 Å². The Morgan fingerprint density at radius 1 is 0.419 bits per heavy atom. The van der Waals surface area contributed by atoms with Gasteiger partial charge in [-0.05, 0) is 0 Å². The Morgan fingerprint density at radius 3 is 1.06 bits per heavy atom. The van der Waals surface area contributed by atoms with E-state index in [1.165, 1.54) is 5.10 Å². The van der Waals surface area contributed by atoms with Gasteiger partial charge in [0.1, 0.15) is 0 Å². The first-order valence-electron chi connectivity index (χ1n) is 6.46. The van der Waals surface area contributed by atoms with Gasteiger partial charge in [0.05, 0.1) is 0 Å². The number of hydrogen-bond acceptors (Lipinski definition) is 3. The summed E-state index contributed by atoms with van der Waals surface area (Å²) in [7, 11) is 0. The van der Waals surface area contributed by atoms with Crippen molar-refractivity contribution in [2.45, 2.75) is 47.9 Å². The fourth-order valence-corrected chi connectivity index (χ4v) is 1.57. The van der Waals surface area contributed by atoms with Crippen LogP contribution in [0.25, 0.3) is 0 Å². The van der Waals surface area contributed by atoms with E-state index in [9.17, 15) is 79.0 Å². The zero-order chi connectivity index (χ0) is 25.3. The molecule has 1 heterocycles. The van der Waals surface area contributed by atoms with Crippen LogP contribution in [0.4, 0.5) is 79.0 Å². The molecule has 0 amide bonds. The Kier molecular flexibility index (Phi) is 5.81. The minimum Gasteiger partial charge on any atom is -0.411 e. The van der Waals surface area contributed by atoms with Crippen LogP contribution in [-0.2, 0) is 12.1 Å². The van der Waals surface area contributed by atoms with Gasteiger partial charge in [0.15, 0.2) is 0 Å². The molecule has 0 radical (unpaired) electrons. The summed E-state index contributed by atoms with van der Waals surface area (Å²) >= 11 is 0. The molecular weight excluding hydrogens is 506 g/mol. The lowest BCUT2D eigenvalue weighted by molar-refractivity contribution is -0.454. The molecule has 0 aliphatic heterocycles. The molecule has 3 nitrogen and oxygen atoms in total.